The van der Waals surface area contributed by atoms with Crippen molar-refractivity contribution in [3.05, 3.63) is 28.2 Å². The Labute approximate surface area is 152 Å². The highest BCUT2D eigenvalue weighted by atomic mass is 79.9. The van der Waals surface area contributed by atoms with Crippen molar-refractivity contribution >= 4 is 27.6 Å². The highest BCUT2D eigenvalue weighted by molar-refractivity contribution is 9.10. The van der Waals surface area contributed by atoms with Gasteiger partial charge in [0.25, 0.3) is 0 Å². The Kier molecular flexibility index (Phi) is 7.07. The number of carbonyl (C=O) groups excluding carboxylic acids is 1. The number of halogens is 1. The second-order valence-electron chi connectivity index (χ2n) is 6.64. The maximum atomic E-state index is 12.3. The monoisotopic (exact) mass is 398 g/mol. The topological polar surface area (TPSA) is 70.6 Å². The molecule has 2 rings (SSSR count). The Balaban J connectivity index is 1.95. The van der Waals surface area contributed by atoms with Crippen LogP contribution in [0.2, 0.25) is 0 Å². The Morgan fingerprint density at radius 2 is 2.21 bits per heavy atom. The molecule has 134 valence electrons. The molecule has 3 N–H and O–H groups in total. The fourth-order valence-electron chi connectivity index (χ4n) is 3.36. The van der Waals surface area contributed by atoms with Crippen LogP contribution in [0.3, 0.4) is 0 Å². The molecule has 2 amide bonds. The van der Waals surface area contributed by atoms with Crippen LogP contribution in [-0.4, -0.2) is 31.4 Å². The maximum Gasteiger partial charge on any atom is 0.319 e. The summed E-state index contributed by atoms with van der Waals surface area (Å²) in [6.45, 7) is 3.44. The SMILES string of the molecule is COCc1c(Br)cccc1NC(=O)NCC1([C@H](C)CCO)CCC1. The summed E-state index contributed by atoms with van der Waals surface area (Å²) in [6.07, 6.45) is 4.20. The molecule has 5 nitrogen and oxygen atoms in total. The van der Waals surface area contributed by atoms with Crippen LogP contribution in [-0.2, 0) is 11.3 Å². The van der Waals surface area contributed by atoms with Gasteiger partial charge in [0, 0.05) is 36.0 Å². The van der Waals surface area contributed by atoms with Crippen molar-refractivity contribution in [1.82, 2.24) is 5.32 Å². The molecule has 24 heavy (non-hydrogen) atoms. The summed E-state index contributed by atoms with van der Waals surface area (Å²) in [5.41, 5.74) is 1.80. The molecule has 1 aromatic rings. The lowest BCUT2D eigenvalue weighted by atomic mass is 9.60. The molecule has 0 spiro atoms. The number of benzene rings is 1. The van der Waals surface area contributed by atoms with E-state index in [1.165, 1.54) is 6.42 Å². The number of hydrogen-bond acceptors (Lipinski definition) is 3. The zero-order valence-electron chi connectivity index (χ0n) is 14.4. The van der Waals surface area contributed by atoms with Gasteiger partial charge in [-0.15, -0.1) is 0 Å². The first-order valence-electron chi connectivity index (χ1n) is 8.44. The van der Waals surface area contributed by atoms with E-state index in [0.29, 0.717) is 19.1 Å². The Morgan fingerprint density at radius 1 is 1.46 bits per heavy atom. The number of aliphatic hydroxyl groups excluding tert-OH is 1. The van der Waals surface area contributed by atoms with Crippen LogP contribution in [0.5, 0.6) is 0 Å². The normalized spacial score (nSPS) is 17.0. The van der Waals surface area contributed by atoms with E-state index in [1.807, 2.05) is 18.2 Å². The third kappa shape index (κ3) is 4.49. The fraction of sp³-hybridized carbons (Fsp3) is 0.611. The summed E-state index contributed by atoms with van der Waals surface area (Å²) in [4.78, 5) is 12.3. The van der Waals surface area contributed by atoms with Crippen molar-refractivity contribution in [3.63, 3.8) is 0 Å². The molecule has 0 aromatic heterocycles. The molecule has 6 heteroatoms. The van der Waals surface area contributed by atoms with Gasteiger partial charge in [0.2, 0.25) is 0 Å². The minimum Gasteiger partial charge on any atom is -0.396 e. The third-order valence-electron chi connectivity index (χ3n) is 5.21. The molecule has 0 radical (unpaired) electrons. The molecule has 1 saturated carbocycles. The highest BCUT2D eigenvalue weighted by Crippen LogP contribution is 2.47. The molecule has 1 fully saturated rings. The smallest absolute Gasteiger partial charge is 0.319 e. The number of aliphatic hydroxyl groups is 1. The molecular weight excluding hydrogens is 372 g/mol. The van der Waals surface area contributed by atoms with E-state index in [1.54, 1.807) is 7.11 Å². The van der Waals surface area contributed by atoms with Crippen molar-refractivity contribution in [2.75, 3.05) is 25.6 Å². The summed E-state index contributed by atoms with van der Waals surface area (Å²) in [5, 5.41) is 15.1. The molecule has 0 unspecified atom stereocenters. The lowest BCUT2D eigenvalue weighted by molar-refractivity contribution is 0.0462. The van der Waals surface area contributed by atoms with Crippen molar-refractivity contribution in [2.45, 2.75) is 39.2 Å². The van der Waals surface area contributed by atoms with E-state index < -0.39 is 0 Å². The predicted molar refractivity (Wildman–Crippen MR) is 99.0 cm³/mol. The van der Waals surface area contributed by atoms with E-state index in [4.69, 9.17) is 4.74 Å². The van der Waals surface area contributed by atoms with Gasteiger partial charge in [0.1, 0.15) is 0 Å². The first kappa shape index (κ1) is 19.2. The average Bonchev–Trinajstić information content (AvgIpc) is 2.50. The van der Waals surface area contributed by atoms with E-state index >= 15 is 0 Å². The van der Waals surface area contributed by atoms with Gasteiger partial charge in [0.05, 0.1) is 6.61 Å². The van der Waals surface area contributed by atoms with Crippen molar-refractivity contribution < 1.29 is 14.6 Å². The van der Waals surface area contributed by atoms with Gasteiger partial charge in [-0.25, -0.2) is 4.79 Å². The molecule has 0 heterocycles. The number of rotatable bonds is 8. The summed E-state index contributed by atoms with van der Waals surface area (Å²) in [6, 6.07) is 5.48. The van der Waals surface area contributed by atoms with E-state index in [2.05, 4.69) is 33.5 Å². The van der Waals surface area contributed by atoms with Gasteiger partial charge >= 0.3 is 6.03 Å². The zero-order chi connectivity index (χ0) is 17.6. The Bertz CT molecular complexity index is 561. The van der Waals surface area contributed by atoms with E-state index in [-0.39, 0.29) is 18.1 Å². The van der Waals surface area contributed by atoms with Gasteiger partial charge in [-0.2, -0.15) is 0 Å². The third-order valence-corrected chi connectivity index (χ3v) is 5.96. The predicted octanol–water partition coefficient (Wildman–Crippen LogP) is 3.91. The van der Waals surface area contributed by atoms with Crippen LogP contribution in [0, 0.1) is 11.3 Å². The largest absolute Gasteiger partial charge is 0.396 e. The summed E-state index contributed by atoms with van der Waals surface area (Å²) < 4.78 is 6.12. The summed E-state index contributed by atoms with van der Waals surface area (Å²) >= 11 is 3.49. The molecule has 0 saturated heterocycles. The summed E-state index contributed by atoms with van der Waals surface area (Å²) in [5.74, 6) is 0.409. The van der Waals surface area contributed by atoms with Gasteiger partial charge in [-0.3, -0.25) is 0 Å². The van der Waals surface area contributed by atoms with Crippen molar-refractivity contribution in [3.8, 4) is 0 Å². The van der Waals surface area contributed by atoms with Crippen molar-refractivity contribution in [2.24, 2.45) is 11.3 Å². The molecule has 0 aliphatic heterocycles. The second kappa shape index (κ2) is 8.83. The number of carbonyl (C=O) groups is 1. The van der Waals surface area contributed by atoms with E-state index in [9.17, 15) is 9.90 Å². The Morgan fingerprint density at radius 3 is 2.79 bits per heavy atom. The van der Waals surface area contributed by atoms with Crippen molar-refractivity contribution in [1.29, 1.82) is 0 Å². The number of urea groups is 1. The summed E-state index contributed by atoms with van der Waals surface area (Å²) in [7, 11) is 1.63. The highest BCUT2D eigenvalue weighted by Gasteiger charge is 2.41. The van der Waals surface area contributed by atoms with Crippen LogP contribution in [0.4, 0.5) is 10.5 Å². The van der Waals surface area contributed by atoms with Crippen LogP contribution < -0.4 is 10.6 Å². The number of hydrogen-bond donors (Lipinski definition) is 3. The number of ether oxygens (including phenoxy) is 1. The average molecular weight is 399 g/mol. The standard InChI is InChI=1S/C18H27BrN2O3/c1-13(7-10-22)18(8-4-9-18)12-20-17(23)21-16-6-3-5-15(19)14(16)11-24-2/h3,5-6,13,22H,4,7-12H2,1-2H3,(H2,20,21,23)/t13-/m1/s1. The first-order chi connectivity index (χ1) is 11.5. The fourth-order valence-corrected chi connectivity index (χ4v) is 3.84. The quantitative estimate of drug-likeness (QED) is 0.621. The van der Waals surface area contributed by atoms with Crippen LogP contribution in [0.1, 0.15) is 38.2 Å². The van der Waals surface area contributed by atoms with Crippen LogP contribution in [0.15, 0.2) is 22.7 Å². The molecule has 1 atom stereocenters. The van der Waals surface area contributed by atoms with Crippen LogP contribution in [0.25, 0.3) is 0 Å². The molecule has 1 aliphatic carbocycles. The molecule has 1 aromatic carbocycles. The van der Waals surface area contributed by atoms with Gasteiger partial charge in [0.15, 0.2) is 0 Å². The zero-order valence-corrected chi connectivity index (χ0v) is 16.0. The number of anilines is 1. The number of amides is 2. The second-order valence-corrected chi connectivity index (χ2v) is 7.49. The minimum absolute atomic E-state index is 0.132. The lowest BCUT2D eigenvalue weighted by Gasteiger charge is -2.46. The molecule has 1 aliphatic rings. The minimum atomic E-state index is -0.201. The maximum absolute atomic E-state index is 12.3. The first-order valence-corrected chi connectivity index (χ1v) is 9.24. The number of methoxy groups -OCH3 is 1. The number of nitrogens with one attached hydrogen (secondary N) is 2. The van der Waals surface area contributed by atoms with Gasteiger partial charge in [-0.1, -0.05) is 35.3 Å². The van der Waals surface area contributed by atoms with E-state index in [0.717, 1.165) is 35.0 Å². The Hall–Kier alpha value is -1.11. The van der Waals surface area contributed by atoms with Gasteiger partial charge in [-0.05, 0) is 42.7 Å². The van der Waals surface area contributed by atoms with Crippen LogP contribution >= 0.6 is 15.9 Å². The molecular formula is C18H27BrN2O3. The lowest BCUT2D eigenvalue weighted by Crippen LogP contribution is -2.47. The molecule has 0 bridgehead atoms. The van der Waals surface area contributed by atoms with Gasteiger partial charge < -0.3 is 20.5 Å².